The first-order valence-electron chi connectivity index (χ1n) is 13.6. The molecule has 0 aliphatic carbocycles. The van der Waals surface area contributed by atoms with Crippen molar-refractivity contribution >= 4 is 38.1 Å². The number of aromatic hydroxyl groups is 1. The van der Waals surface area contributed by atoms with Crippen molar-refractivity contribution in [3.8, 4) is 17.2 Å². The summed E-state index contributed by atoms with van der Waals surface area (Å²) < 4.78 is 13.8. The standard InChI is InChI=1S/C34H35Br2NO4/c1-22(2)40-30-16-10-8-14-27(30)34(39,28-15-9-11-17-31(28)41-23(3)4)32(18-24-12-6-5-7-13-24)37-21-25-19-26(35)20-29(36)33(25)38/h5-17,19-23,32,38-39H,18H2,1-4H3. The van der Waals surface area contributed by atoms with Gasteiger partial charge in [-0.2, -0.15) is 0 Å². The quantitative estimate of drug-likeness (QED) is 0.156. The Kier molecular flexibility index (Phi) is 10.3. The largest absolute Gasteiger partial charge is 0.506 e. The molecule has 5 nitrogen and oxygen atoms in total. The van der Waals surface area contributed by atoms with Gasteiger partial charge in [-0.05, 0) is 79.9 Å². The van der Waals surface area contributed by atoms with Crippen LogP contribution >= 0.6 is 31.9 Å². The van der Waals surface area contributed by atoms with Crippen molar-refractivity contribution < 1.29 is 19.7 Å². The van der Waals surface area contributed by atoms with E-state index in [1.165, 1.54) is 0 Å². The Bertz CT molecular complexity index is 1430. The molecule has 4 aromatic rings. The first-order valence-corrected chi connectivity index (χ1v) is 15.2. The number of aliphatic imine (C=N–C) groups is 1. The van der Waals surface area contributed by atoms with Gasteiger partial charge in [-0.15, -0.1) is 0 Å². The van der Waals surface area contributed by atoms with Crippen LogP contribution in [0.15, 0.2) is 105 Å². The summed E-state index contributed by atoms with van der Waals surface area (Å²) in [6, 6.07) is 27.8. The summed E-state index contributed by atoms with van der Waals surface area (Å²) in [4.78, 5) is 5.01. The first-order chi connectivity index (χ1) is 19.6. The molecule has 0 saturated carbocycles. The zero-order valence-corrected chi connectivity index (χ0v) is 26.8. The highest BCUT2D eigenvalue weighted by Crippen LogP contribution is 2.45. The SMILES string of the molecule is CC(C)Oc1ccccc1C(O)(c1ccccc1OC(C)C)C(Cc1ccccc1)N=Cc1cc(Br)cc(Br)c1O. The second-order valence-corrected chi connectivity index (χ2v) is 12.2. The smallest absolute Gasteiger partial charge is 0.144 e. The molecule has 4 rings (SSSR count). The zero-order valence-electron chi connectivity index (χ0n) is 23.6. The third-order valence-corrected chi connectivity index (χ3v) is 7.59. The highest BCUT2D eigenvalue weighted by molar-refractivity contribution is 9.11. The Morgan fingerprint density at radius 1 is 0.780 bits per heavy atom. The number of hydrogen-bond donors (Lipinski definition) is 2. The molecule has 0 aromatic heterocycles. The van der Waals surface area contributed by atoms with Crippen LogP contribution in [0.4, 0.5) is 0 Å². The summed E-state index contributed by atoms with van der Waals surface area (Å²) >= 11 is 6.91. The molecule has 7 heteroatoms. The number of rotatable bonds is 11. The molecule has 4 aromatic carbocycles. The summed E-state index contributed by atoms with van der Waals surface area (Å²) in [5.74, 6) is 1.18. The number of hydrogen-bond acceptors (Lipinski definition) is 5. The molecule has 214 valence electrons. The number of nitrogens with zero attached hydrogens (tertiary/aromatic N) is 1. The van der Waals surface area contributed by atoms with Crippen LogP contribution < -0.4 is 9.47 Å². The number of phenols is 1. The van der Waals surface area contributed by atoms with Gasteiger partial charge >= 0.3 is 0 Å². The molecule has 0 spiro atoms. The molecule has 41 heavy (non-hydrogen) atoms. The zero-order chi connectivity index (χ0) is 29.6. The predicted molar refractivity (Wildman–Crippen MR) is 172 cm³/mol. The molecule has 0 heterocycles. The number of ether oxygens (including phenoxy) is 2. The number of aliphatic hydroxyl groups is 1. The van der Waals surface area contributed by atoms with Crippen LogP contribution in [-0.4, -0.2) is 34.7 Å². The first kappa shape index (κ1) is 30.8. The van der Waals surface area contributed by atoms with E-state index < -0.39 is 11.6 Å². The molecule has 0 aliphatic heterocycles. The maximum absolute atomic E-state index is 13.2. The molecular formula is C34H35Br2NO4. The van der Waals surface area contributed by atoms with Crippen molar-refractivity contribution in [2.45, 2.75) is 58.0 Å². The van der Waals surface area contributed by atoms with E-state index in [9.17, 15) is 10.2 Å². The fraction of sp³-hybridized carbons (Fsp3) is 0.265. The Morgan fingerprint density at radius 3 is 1.83 bits per heavy atom. The molecular weight excluding hydrogens is 646 g/mol. The second-order valence-electron chi connectivity index (χ2n) is 10.4. The minimum atomic E-state index is -1.68. The number of phenolic OH excluding ortho intramolecular Hbond substituents is 1. The topological polar surface area (TPSA) is 71.3 Å². The number of benzene rings is 4. The summed E-state index contributed by atoms with van der Waals surface area (Å²) in [5, 5.41) is 24.0. The van der Waals surface area contributed by atoms with Gasteiger partial charge in [0.05, 0.1) is 22.7 Å². The van der Waals surface area contributed by atoms with E-state index in [1.54, 1.807) is 18.3 Å². The van der Waals surface area contributed by atoms with Crippen molar-refractivity contribution in [1.82, 2.24) is 0 Å². The Balaban J connectivity index is 2.00. The summed E-state index contributed by atoms with van der Waals surface area (Å²) in [6.45, 7) is 7.83. The molecule has 0 radical (unpaired) electrons. The van der Waals surface area contributed by atoms with Crippen molar-refractivity contribution in [2.75, 3.05) is 0 Å². The third kappa shape index (κ3) is 7.39. The lowest BCUT2D eigenvalue weighted by Gasteiger charge is -2.37. The Labute approximate surface area is 259 Å². The maximum atomic E-state index is 13.2. The molecule has 0 amide bonds. The molecule has 1 unspecified atom stereocenters. The van der Waals surface area contributed by atoms with Gasteiger partial charge in [0.25, 0.3) is 0 Å². The van der Waals surface area contributed by atoms with Gasteiger partial charge in [-0.3, -0.25) is 4.99 Å². The molecule has 1 atom stereocenters. The van der Waals surface area contributed by atoms with Crippen molar-refractivity contribution in [2.24, 2.45) is 4.99 Å². The summed E-state index contributed by atoms with van der Waals surface area (Å²) in [5.41, 5.74) is 0.974. The third-order valence-electron chi connectivity index (χ3n) is 6.53. The van der Waals surface area contributed by atoms with E-state index in [0.717, 1.165) is 10.0 Å². The fourth-order valence-electron chi connectivity index (χ4n) is 4.78. The Hall–Kier alpha value is -3.13. The molecule has 0 bridgehead atoms. The van der Waals surface area contributed by atoms with Gasteiger partial charge in [-0.25, -0.2) is 0 Å². The van der Waals surface area contributed by atoms with Gasteiger partial charge in [-0.1, -0.05) is 82.7 Å². The highest BCUT2D eigenvalue weighted by atomic mass is 79.9. The van der Waals surface area contributed by atoms with Gasteiger partial charge in [0.15, 0.2) is 0 Å². The van der Waals surface area contributed by atoms with Gasteiger partial charge < -0.3 is 19.7 Å². The minimum absolute atomic E-state index is 0.0611. The van der Waals surface area contributed by atoms with E-state index in [1.807, 2.05) is 107 Å². The van der Waals surface area contributed by atoms with Crippen LogP contribution in [0.2, 0.25) is 0 Å². The maximum Gasteiger partial charge on any atom is 0.144 e. The van der Waals surface area contributed by atoms with E-state index in [-0.39, 0.29) is 18.0 Å². The van der Waals surface area contributed by atoms with Crippen LogP contribution in [0.25, 0.3) is 0 Å². The lowest BCUT2D eigenvalue weighted by molar-refractivity contribution is 0.0443. The second kappa shape index (κ2) is 13.7. The molecule has 0 aliphatic rings. The minimum Gasteiger partial charge on any atom is -0.506 e. The monoisotopic (exact) mass is 679 g/mol. The summed E-state index contributed by atoms with van der Waals surface area (Å²) in [7, 11) is 0. The highest BCUT2D eigenvalue weighted by Gasteiger charge is 2.44. The van der Waals surface area contributed by atoms with Crippen LogP contribution in [0.3, 0.4) is 0 Å². The lowest BCUT2D eigenvalue weighted by Crippen LogP contribution is -2.42. The van der Waals surface area contributed by atoms with Crippen molar-refractivity contribution in [1.29, 1.82) is 0 Å². The van der Waals surface area contributed by atoms with Crippen LogP contribution in [0.1, 0.15) is 49.9 Å². The van der Waals surface area contributed by atoms with E-state index >= 15 is 0 Å². The molecule has 0 fully saturated rings. The number of halogens is 2. The van der Waals surface area contributed by atoms with Crippen molar-refractivity contribution in [3.63, 3.8) is 0 Å². The molecule has 0 saturated heterocycles. The normalized spacial score (nSPS) is 12.7. The van der Waals surface area contributed by atoms with Crippen LogP contribution in [0, 0.1) is 0 Å². The van der Waals surface area contributed by atoms with E-state index in [4.69, 9.17) is 14.5 Å². The fourth-order valence-corrected chi connectivity index (χ4v) is 6.04. The average molecular weight is 681 g/mol. The van der Waals surface area contributed by atoms with Gasteiger partial charge in [0.1, 0.15) is 22.8 Å². The van der Waals surface area contributed by atoms with E-state index in [2.05, 4.69) is 31.9 Å². The predicted octanol–water partition coefficient (Wildman–Crippen LogP) is 8.46. The van der Waals surface area contributed by atoms with Gasteiger partial charge in [0, 0.05) is 27.4 Å². The van der Waals surface area contributed by atoms with Gasteiger partial charge in [0.2, 0.25) is 0 Å². The van der Waals surface area contributed by atoms with Crippen LogP contribution in [-0.2, 0) is 12.0 Å². The van der Waals surface area contributed by atoms with E-state index in [0.29, 0.717) is 39.1 Å². The molecule has 2 N–H and O–H groups in total. The lowest BCUT2D eigenvalue weighted by atomic mass is 9.77. The number of para-hydroxylation sites is 2. The Morgan fingerprint density at radius 2 is 1.29 bits per heavy atom. The van der Waals surface area contributed by atoms with Crippen molar-refractivity contribution in [3.05, 3.63) is 122 Å². The average Bonchev–Trinajstić information content (AvgIpc) is 2.93. The van der Waals surface area contributed by atoms with Crippen LogP contribution in [0.5, 0.6) is 17.2 Å². The summed E-state index contributed by atoms with van der Waals surface area (Å²) in [6.07, 6.45) is 1.78.